The summed E-state index contributed by atoms with van der Waals surface area (Å²) in [5, 5.41) is 9.49. The lowest BCUT2D eigenvalue weighted by molar-refractivity contribution is 0.0729. The molecule has 1 aromatic carbocycles. The molecule has 5 nitrogen and oxygen atoms in total. The van der Waals surface area contributed by atoms with Gasteiger partial charge in [-0.05, 0) is 17.7 Å². The van der Waals surface area contributed by atoms with Crippen LogP contribution in [0.1, 0.15) is 11.7 Å². The van der Waals surface area contributed by atoms with Gasteiger partial charge in [-0.25, -0.2) is 4.79 Å². The van der Waals surface area contributed by atoms with Crippen molar-refractivity contribution < 1.29 is 14.6 Å². The van der Waals surface area contributed by atoms with Gasteiger partial charge >= 0.3 is 6.09 Å². The molecule has 0 heterocycles. The summed E-state index contributed by atoms with van der Waals surface area (Å²) >= 11 is 0. The smallest absolute Gasteiger partial charge is 0.404 e. The lowest BCUT2D eigenvalue weighted by Crippen LogP contribution is -2.17. The Balaban J connectivity index is 2.56. The Bertz CT molecular complexity index is 310. The van der Waals surface area contributed by atoms with Crippen LogP contribution in [0.2, 0.25) is 0 Å². The van der Waals surface area contributed by atoms with E-state index in [-0.39, 0.29) is 6.61 Å². The topological polar surface area (TPSA) is 98.6 Å². The SMILES string of the molecule is NC(=O)OC[C@@H](O)c1ccc(N)cc1. The van der Waals surface area contributed by atoms with Gasteiger partial charge in [0.05, 0.1) is 0 Å². The van der Waals surface area contributed by atoms with Crippen molar-refractivity contribution >= 4 is 11.8 Å². The van der Waals surface area contributed by atoms with Gasteiger partial charge in [0, 0.05) is 5.69 Å². The highest BCUT2D eigenvalue weighted by molar-refractivity contribution is 5.64. The predicted octanol–water partition coefficient (Wildman–Crippen LogP) is 0.397. The van der Waals surface area contributed by atoms with E-state index >= 15 is 0 Å². The van der Waals surface area contributed by atoms with Crippen LogP contribution in [-0.4, -0.2) is 17.8 Å². The first-order valence-electron chi connectivity index (χ1n) is 4.05. The van der Waals surface area contributed by atoms with Gasteiger partial charge in [-0.2, -0.15) is 0 Å². The summed E-state index contributed by atoms with van der Waals surface area (Å²) in [5.74, 6) is 0. The highest BCUT2D eigenvalue weighted by Gasteiger charge is 2.08. The van der Waals surface area contributed by atoms with Gasteiger partial charge in [0.1, 0.15) is 12.7 Å². The molecule has 0 spiro atoms. The average molecular weight is 196 g/mol. The van der Waals surface area contributed by atoms with E-state index in [1.807, 2.05) is 0 Å². The number of primary amides is 1. The van der Waals surface area contributed by atoms with Gasteiger partial charge in [-0.15, -0.1) is 0 Å². The maximum absolute atomic E-state index is 10.3. The molecule has 0 saturated heterocycles. The van der Waals surface area contributed by atoms with Crippen LogP contribution in [0, 0.1) is 0 Å². The van der Waals surface area contributed by atoms with Crippen molar-refractivity contribution in [2.45, 2.75) is 6.10 Å². The van der Waals surface area contributed by atoms with Crippen LogP contribution in [-0.2, 0) is 4.74 Å². The molecule has 5 N–H and O–H groups in total. The van der Waals surface area contributed by atoms with Gasteiger partial charge < -0.3 is 21.3 Å². The van der Waals surface area contributed by atoms with E-state index in [2.05, 4.69) is 4.74 Å². The number of benzene rings is 1. The van der Waals surface area contributed by atoms with Crippen molar-refractivity contribution in [2.24, 2.45) is 5.73 Å². The molecule has 1 aromatic rings. The van der Waals surface area contributed by atoms with E-state index in [0.29, 0.717) is 11.3 Å². The number of nitrogen functional groups attached to an aromatic ring is 1. The Morgan fingerprint density at radius 3 is 2.50 bits per heavy atom. The molecule has 5 heteroatoms. The minimum absolute atomic E-state index is 0.154. The average Bonchev–Trinajstić information content (AvgIpc) is 2.15. The first-order valence-corrected chi connectivity index (χ1v) is 4.05. The van der Waals surface area contributed by atoms with Crippen molar-refractivity contribution in [1.82, 2.24) is 0 Å². The molecule has 1 amide bonds. The van der Waals surface area contributed by atoms with E-state index in [1.165, 1.54) is 0 Å². The summed E-state index contributed by atoms with van der Waals surface area (Å²) in [4.78, 5) is 10.3. The largest absolute Gasteiger partial charge is 0.447 e. The predicted molar refractivity (Wildman–Crippen MR) is 51.3 cm³/mol. The third kappa shape index (κ3) is 2.95. The Labute approximate surface area is 81.3 Å². The van der Waals surface area contributed by atoms with Gasteiger partial charge in [-0.1, -0.05) is 12.1 Å². The summed E-state index contributed by atoms with van der Waals surface area (Å²) in [6.07, 6.45) is -1.78. The summed E-state index contributed by atoms with van der Waals surface area (Å²) in [5.41, 5.74) is 11.4. The Morgan fingerprint density at radius 2 is 2.00 bits per heavy atom. The maximum atomic E-state index is 10.3. The Hall–Kier alpha value is -1.75. The molecule has 0 aliphatic heterocycles. The fourth-order valence-electron chi connectivity index (χ4n) is 0.975. The standard InChI is InChI=1S/C9H12N2O3/c10-7-3-1-6(2-4-7)8(12)5-14-9(11)13/h1-4,8,12H,5,10H2,(H2,11,13)/t8-/m1/s1. The van der Waals surface area contributed by atoms with Crippen molar-refractivity contribution in [2.75, 3.05) is 12.3 Å². The van der Waals surface area contributed by atoms with Crippen LogP contribution in [0.5, 0.6) is 0 Å². The number of ether oxygens (including phenoxy) is 1. The zero-order valence-corrected chi connectivity index (χ0v) is 7.51. The number of aliphatic hydroxyl groups excluding tert-OH is 1. The highest BCUT2D eigenvalue weighted by atomic mass is 16.6. The first-order chi connectivity index (χ1) is 6.59. The first kappa shape index (κ1) is 10.3. The second-order valence-corrected chi connectivity index (χ2v) is 2.81. The molecule has 0 saturated carbocycles. The molecule has 0 aromatic heterocycles. The minimum Gasteiger partial charge on any atom is -0.447 e. The normalized spacial score (nSPS) is 12.1. The molecule has 0 radical (unpaired) electrons. The van der Waals surface area contributed by atoms with Gasteiger partial charge in [-0.3, -0.25) is 0 Å². The molecule has 0 unspecified atom stereocenters. The monoisotopic (exact) mass is 196 g/mol. The zero-order valence-electron chi connectivity index (χ0n) is 7.51. The zero-order chi connectivity index (χ0) is 10.6. The molecule has 0 aliphatic rings. The van der Waals surface area contributed by atoms with Crippen LogP contribution < -0.4 is 11.5 Å². The number of nitrogens with two attached hydrogens (primary N) is 2. The van der Waals surface area contributed by atoms with E-state index in [9.17, 15) is 9.90 Å². The van der Waals surface area contributed by atoms with Crippen molar-refractivity contribution in [3.63, 3.8) is 0 Å². The van der Waals surface area contributed by atoms with Crippen molar-refractivity contribution in [1.29, 1.82) is 0 Å². The molecule has 76 valence electrons. The Kier molecular flexibility index (Phi) is 3.30. The molecule has 1 rings (SSSR count). The lowest BCUT2D eigenvalue weighted by Gasteiger charge is -2.10. The maximum Gasteiger partial charge on any atom is 0.404 e. The second-order valence-electron chi connectivity index (χ2n) is 2.81. The van der Waals surface area contributed by atoms with Crippen LogP contribution >= 0.6 is 0 Å². The van der Waals surface area contributed by atoms with E-state index < -0.39 is 12.2 Å². The fourth-order valence-corrected chi connectivity index (χ4v) is 0.975. The summed E-state index contributed by atoms with van der Waals surface area (Å²) in [7, 11) is 0. The van der Waals surface area contributed by atoms with Crippen LogP contribution in [0.4, 0.5) is 10.5 Å². The number of anilines is 1. The summed E-state index contributed by atoms with van der Waals surface area (Å²) in [6.45, 7) is -0.154. The van der Waals surface area contributed by atoms with E-state index in [1.54, 1.807) is 24.3 Å². The number of rotatable bonds is 3. The highest BCUT2D eigenvalue weighted by Crippen LogP contribution is 2.14. The molecule has 1 atom stereocenters. The van der Waals surface area contributed by atoms with Crippen LogP contribution in [0.3, 0.4) is 0 Å². The number of amides is 1. The minimum atomic E-state index is -0.903. The molecule has 0 bridgehead atoms. The molecule has 0 fully saturated rings. The Morgan fingerprint density at radius 1 is 1.43 bits per heavy atom. The third-order valence-electron chi connectivity index (χ3n) is 1.70. The van der Waals surface area contributed by atoms with Crippen LogP contribution in [0.25, 0.3) is 0 Å². The summed E-state index contributed by atoms with van der Waals surface area (Å²) in [6, 6.07) is 6.63. The van der Waals surface area contributed by atoms with Gasteiger partial charge in [0.15, 0.2) is 0 Å². The number of hydrogen-bond donors (Lipinski definition) is 3. The summed E-state index contributed by atoms with van der Waals surface area (Å²) < 4.78 is 4.45. The quantitative estimate of drug-likeness (QED) is 0.609. The molecule has 0 aliphatic carbocycles. The fraction of sp³-hybridized carbons (Fsp3) is 0.222. The van der Waals surface area contributed by atoms with Gasteiger partial charge in [0.25, 0.3) is 0 Å². The number of carbonyl (C=O) groups is 1. The van der Waals surface area contributed by atoms with E-state index in [4.69, 9.17) is 11.5 Å². The van der Waals surface area contributed by atoms with Crippen LogP contribution in [0.15, 0.2) is 24.3 Å². The lowest BCUT2D eigenvalue weighted by atomic mass is 10.1. The van der Waals surface area contributed by atoms with E-state index in [0.717, 1.165) is 0 Å². The molecular weight excluding hydrogens is 184 g/mol. The van der Waals surface area contributed by atoms with Crippen molar-refractivity contribution in [3.05, 3.63) is 29.8 Å². The van der Waals surface area contributed by atoms with Crippen molar-refractivity contribution in [3.8, 4) is 0 Å². The second kappa shape index (κ2) is 4.48. The number of carbonyl (C=O) groups excluding carboxylic acids is 1. The number of aliphatic hydroxyl groups is 1. The molecular formula is C9H12N2O3. The number of hydrogen-bond acceptors (Lipinski definition) is 4. The molecule has 14 heavy (non-hydrogen) atoms. The van der Waals surface area contributed by atoms with Gasteiger partial charge in [0.2, 0.25) is 0 Å². The third-order valence-corrected chi connectivity index (χ3v) is 1.70.